The third-order valence-electron chi connectivity index (χ3n) is 9.73. The molecule has 2 heterocycles. The quantitative estimate of drug-likeness (QED) is 0.156. The van der Waals surface area contributed by atoms with Gasteiger partial charge < -0.3 is 24.9 Å². The normalized spacial score (nSPS) is 15.3. The zero-order valence-corrected chi connectivity index (χ0v) is 30.8. The van der Waals surface area contributed by atoms with Gasteiger partial charge in [0, 0.05) is 56.2 Å². The number of aromatic nitrogens is 1. The number of likely N-dealkylation sites (N-methyl/N-ethyl adjacent to an activating group) is 1. The van der Waals surface area contributed by atoms with Crippen molar-refractivity contribution >= 4 is 29.1 Å². The van der Waals surface area contributed by atoms with E-state index in [4.69, 9.17) is 0 Å². The number of amides is 3. The summed E-state index contributed by atoms with van der Waals surface area (Å²) in [5.74, 6) is -0.167. The third kappa shape index (κ3) is 12.6. The summed E-state index contributed by atoms with van der Waals surface area (Å²) in [6, 6.07) is 18.6. The Morgan fingerprint density at radius 1 is 0.880 bits per heavy atom. The Morgan fingerprint density at radius 3 is 2.26 bits per heavy atom. The molecule has 0 unspecified atom stereocenters. The Morgan fingerprint density at radius 2 is 1.60 bits per heavy atom. The smallest absolute Gasteiger partial charge is 0.241 e. The molecule has 9 nitrogen and oxygen atoms in total. The van der Waals surface area contributed by atoms with Crippen LogP contribution in [0.4, 0.5) is 0 Å². The Balaban J connectivity index is 1.50. The molecule has 10 heteroatoms. The van der Waals surface area contributed by atoms with Crippen LogP contribution in [0.1, 0.15) is 87.8 Å². The highest BCUT2D eigenvalue weighted by Crippen LogP contribution is 2.32. The SMILES string of the molecule is CC(C)C[C@H](O)[C@H](O)[C@H](CC1CCCCC1)N(Cc1cccs1)C(=O)CCC(=O)N(CC(=O)N(C)CCc1ccccn1)Cc1ccccc1. The first kappa shape index (κ1) is 39.2. The maximum absolute atomic E-state index is 14.2. The van der Waals surface area contributed by atoms with Crippen molar-refractivity contribution < 1.29 is 24.6 Å². The molecule has 50 heavy (non-hydrogen) atoms. The van der Waals surface area contributed by atoms with Gasteiger partial charge in [0.1, 0.15) is 12.6 Å². The standard InChI is InChI=1S/C40H56N4O5S/c1-30(2)25-36(45)40(49)35(26-31-13-6-4-7-14-31)44(28-34-18-12-24-50-34)38(47)20-19-37(46)43(27-32-15-8-5-9-16-32)29-39(48)42(3)23-21-33-17-10-11-22-41-33/h5,8-12,15-18,22,24,30-31,35-36,40,45,49H,4,6-7,13-14,19-21,23,25-29H2,1-3H3/t35-,36-,40+/m0/s1. The van der Waals surface area contributed by atoms with Crippen LogP contribution in [0.25, 0.3) is 0 Å². The predicted octanol–water partition coefficient (Wildman–Crippen LogP) is 6.09. The van der Waals surface area contributed by atoms with Crippen LogP contribution in [-0.2, 0) is 33.9 Å². The van der Waals surface area contributed by atoms with Crippen molar-refractivity contribution in [1.29, 1.82) is 0 Å². The molecular formula is C40H56N4O5S. The molecule has 1 aromatic carbocycles. The molecule has 1 aliphatic carbocycles. The van der Waals surface area contributed by atoms with E-state index >= 15 is 0 Å². The fraction of sp³-hybridized carbons (Fsp3) is 0.550. The summed E-state index contributed by atoms with van der Waals surface area (Å²) >= 11 is 1.55. The fourth-order valence-corrected chi connectivity index (χ4v) is 7.55. The van der Waals surface area contributed by atoms with Gasteiger partial charge in [-0.1, -0.05) is 88.4 Å². The number of pyridine rings is 1. The van der Waals surface area contributed by atoms with Crippen LogP contribution in [0.2, 0.25) is 0 Å². The van der Waals surface area contributed by atoms with E-state index in [-0.39, 0.29) is 49.6 Å². The maximum atomic E-state index is 14.2. The highest BCUT2D eigenvalue weighted by Gasteiger charge is 2.36. The van der Waals surface area contributed by atoms with Gasteiger partial charge in [0.15, 0.2) is 0 Å². The summed E-state index contributed by atoms with van der Waals surface area (Å²) in [6.07, 6.45) is 6.71. The molecule has 0 aliphatic heterocycles. The molecule has 0 radical (unpaired) electrons. The van der Waals surface area contributed by atoms with E-state index in [2.05, 4.69) is 4.98 Å². The van der Waals surface area contributed by atoms with E-state index in [0.717, 1.165) is 41.8 Å². The molecule has 4 rings (SSSR count). The molecule has 1 fully saturated rings. The Hall–Kier alpha value is -3.60. The lowest BCUT2D eigenvalue weighted by Gasteiger charge is -2.39. The zero-order chi connectivity index (χ0) is 35.9. The lowest BCUT2D eigenvalue weighted by atomic mass is 9.82. The number of aliphatic hydroxyl groups excluding tert-OH is 2. The van der Waals surface area contributed by atoms with Crippen molar-refractivity contribution in [3.8, 4) is 0 Å². The van der Waals surface area contributed by atoms with Crippen molar-refractivity contribution in [2.75, 3.05) is 20.1 Å². The minimum Gasteiger partial charge on any atom is -0.390 e. The summed E-state index contributed by atoms with van der Waals surface area (Å²) in [4.78, 5) is 51.7. The molecule has 3 aromatic rings. The van der Waals surface area contributed by atoms with Gasteiger partial charge in [0.05, 0.1) is 18.7 Å². The van der Waals surface area contributed by atoms with Crippen molar-refractivity contribution in [2.45, 2.75) is 109 Å². The minimum atomic E-state index is -1.10. The molecule has 1 aliphatic rings. The average molecular weight is 705 g/mol. The van der Waals surface area contributed by atoms with Gasteiger partial charge in [-0.15, -0.1) is 11.3 Å². The van der Waals surface area contributed by atoms with Gasteiger partial charge in [0.2, 0.25) is 17.7 Å². The van der Waals surface area contributed by atoms with Crippen molar-refractivity contribution in [1.82, 2.24) is 19.7 Å². The average Bonchev–Trinajstić information content (AvgIpc) is 3.64. The van der Waals surface area contributed by atoms with Crippen LogP contribution in [-0.4, -0.2) is 86.0 Å². The Labute approximate surface area is 302 Å². The number of hydrogen-bond acceptors (Lipinski definition) is 7. The summed E-state index contributed by atoms with van der Waals surface area (Å²) in [5, 5.41) is 24.7. The van der Waals surface area contributed by atoms with Gasteiger partial charge in [-0.05, 0) is 53.8 Å². The number of carbonyl (C=O) groups is 3. The van der Waals surface area contributed by atoms with Crippen LogP contribution in [0, 0.1) is 11.8 Å². The monoisotopic (exact) mass is 704 g/mol. The number of aliphatic hydroxyl groups is 2. The molecule has 272 valence electrons. The molecule has 3 atom stereocenters. The highest BCUT2D eigenvalue weighted by molar-refractivity contribution is 7.09. The summed E-state index contributed by atoms with van der Waals surface area (Å²) < 4.78 is 0. The first-order chi connectivity index (χ1) is 24.1. The first-order valence-corrected chi connectivity index (χ1v) is 19.1. The number of carbonyl (C=O) groups excluding carboxylic acids is 3. The molecule has 0 spiro atoms. The Kier molecular flexibility index (Phi) is 15.9. The van der Waals surface area contributed by atoms with Gasteiger partial charge in [-0.2, -0.15) is 0 Å². The van der Waals surface area contributed by atoms with Crippen LogP contribution < -0.4 is 0 Å². The molecule has 1 saturated carbocycles. The number of thiophene rings is 1. The Bertz CT molecular complexity index is 1430. The second kappa shape index (κ2) is 20.3. The second-order valence-corrected chi connectivity index (χ2v) is 15.2. The number of benzene rings is 1. The topological polar surface area (TPSA) is 114 Å². The zero-order valence-electron chi connectivity index (χ0n) is 30.0. The molecule has 2 N–H and O–H groups in total. The van der Waals surface area contributed by atoms with Crippen molar-refractivity contribution in [3.63, 3.8) is 0 Å². The van der Waals surface area contributed by atoms with Gasteiger partial charge in [0.25, 0.3) is 0 Å². The second-order valence-electron chi connectivity index (χ2n) is 14.2. The molecule has 0 saturated heterocycles. The first-order valence-electron chi connectivity index (χ1n) is 18.2. The van der Waals surface area contributed by atoms with E-state index in [1.165, 1.54) is 11.3 Å². The summed E-state index contributed by atoms with van der Waals surface area (Å²) in [5.41, 5.74) is 1.78. The summed E-state index contributed by atoms with van der Waals surface area (Å²) in [7, 11) is 1.73. The highest BCUT2D eigenvalue weighted by atomic mass is 32.1. The number of nitrogens with zero attached hydrogens (tertiary/aromatic N) is 4. The largest absolute Gasteiger partial charge is 0.390 e. The van der Waals surface area contributed by atoms with Gasteiger partial charge >= 0.3 is 0 Å². The van der Waals surface area contributed by atoms with Gasteiger partial charge in [-0.3, -0.25) is 19.4 Å². The molecule has 2 aromatic heterocycles. The number of rotatable bonds is 19. The molecule has 0 bridgehead atoms. The predicted molar refractivity (Wildman–Crippen MR) is 198 cm³/mol. The maximum Gasteiger partial charge on any atom is 0.241 e. The fourth-order valence-electron chi connectivity index (χ4n) is 6.84. The summed E-state index contributed by atoms with van der Waals surface area (Å²) in [6.45, 7) is 4.93. The lowest BCUT2D eigenvalue weighted by molar-refractivity contribution is -0.145. The molecule has 3 amide bonds. The van der Waals surface area contributed by atoms with Crippen molar-refractivity contribution in [3.05, 3.63) is 88.4 Å². The third-order valence-corrected chi connectivity index (χ3v) is 10.6. The molecular weight excluding hydrogens is 649 g/mol. The van der Waals surface area contributed by atoms with Crippen molar-refractivity contribution in [2.24, 2.45) is 11.8 Å². The van der Waals surface area contributed by atoms with Crippen LogP contribution in [0.3, 0.4) is 0 Å². The van der Waals surface area contributed by atoms with E-state index in [9.17, 15) is 24.6 Å². The number of hydrogen-bond donors (Lipinski definition) is 2. The van der Waals surface area contributed by atoms with E-state index in [1.807, 2.05) is 79.9 Å². The minimum absolute atomic E-state index is 0.0621. The van der Waals surface area contributed by atoms with E-state index in [0.29, 0.717) is 38.3 Å². The van der Waals surface area contributed by atoms with E-state index in [1.54, 1.807) is 34.4 Å². The van der Waals surface area contributed by atoms with Gasteiger partial charge in [-0.25, -0.2) is 0 Å². The van der Waals surface area contributed by atoms with Crippen LogP contribution in [0.5, 0.6) is 0 Å². The van der Waals surface area contributed by atoms with Crippen LogP contribution >= 0.6 is 11.3 Å². The van der Waals surface area contributed by atoms with E-state index < -0.39 is 18.2 Å². The lowest BCUT2D eigenvalue weighted by Crippen LogP contribution is -2.52. The van der Waals surface area contributed by atoms with Crippen LogP contribution in [0.15, 0.2) is 72.2 Å².